The lowest BCUT2D eigenvalue weighted by Gasteiger charge is -2.12. The molecular formula is C18H19ClN6O. The summed E-state index contributed by atoms with van der Waals surface area (Å²) in [4.78, 5) is 20.8. The minimum absolute atomic E-state index is 0.207. The number of carbonyl (C=O) groups excluding carboxylic acids is 1. The van der Waals surface area contributed by atoms with Crippen LogP contribution in [0.25, 0.3) is 0 Å². The van der Waals surface area contributed by atoms with Gasteiger partial charge >= 0.3 is 0 Å². The molecule has 8 heteroatoms. The minimum atomic E-state index is -0.207. The van der Waals surface area contributed by atoms with E-state index in [0.717, 1.165) is 16.9 Å². The first kappa shape index (κ1) is 17.9. The zero-order valence-electron chi connectivity index (χ0n) is 14.7. The van der Waals surface area contributed by atoms with E-state index in [-0.39, 0.29) is 5.91 Å². The van der Waals surface area contributed by atoms with E-state index in [1.165, 1.54) is 0 Å². The third-order valence-electron chi connectivity index (χ3n) is 3.80. The normalized spacial score (nSPS) is 10.6. The lowest BCUT2D eigenvalue weighted by Crippen LogP contribution is -2.17. The number of nitrogens with one attached hydrogen (secondary N) is 2. The Labute approximate surface area is 156 Å². The monoisotopic (exact) mass is 370 g/mol. The maximum atomic E-state index is 12.6. The van der Waals surface area contributed by atoms with E-state index in [9.17, 15) is 4.79 Å². The van der Waals surface area contributed by atoms with Crippen LogP contribution in [-0.4, -0.2) is 25.7 Å². The predicted molar refractivity (Wildman–Crippen MR) is 102 cm³/mol. The molecule has 0 atom stereocenters. The summed E-state index contributed by atoms with van der Waals surface area (Å²) in [5.41, 5.74) is 3.76. The number of rotatable bonds is 5. The fraction of sp³-hybridized carbons (Fsp3) is 0.222. The molecule has 0 aliphatic rings. The quantitative estimate of drug-likeness (QED) is 0.664. The number of benzene rings is 1. The molecular weight excluding hydrogens is 352 g/mol. The van der Waals surface area contributed by atoms with Gasteiger partial charge in [0.2, 0.25) is 5.95 Å². The van der Waals surface area contributed by atoms with Gasteiger partial charge < -0.3 is 10.6 Å². The number of amides is 1. The summed E-state index contributed by atoms with van der Waals surface area (Å²) in [7, 11) is 0. The second-order valence-electron chi connectivity index (χ2n) is 5.80. The highest BCUT2D eigenvalue weighted by atomic mass is 35.5. The average Bonchev–Trinajstić information content (AvgIpc) is 2.99. The Morgan fingerprint density at radius 3 is 2.77 bits per heavy atom. The van der Waals surface area contributed by atoms with E-state index in [2.05, 4.69) is 25.7 Å². The van der Waals surface area contributed by atoms with Crippen molar-refractivity contribution in [2.24, 2.45) is 0 Å². The van der Waals surface area contributed by atoms with Crippen LogP contribution in [0.3, 0.4) is 0 Å². The van der Waals surface area contributed by atoms with Crippen molar-refractivity contribution in [1.82, 2.24) is 19.7 Å². The minimum Gasteiger partial charge on any atom is -0.324 e. The van der Waals surface area contributed by atoms with Gasteiger partial charge in [0.1, 0.15) is 10.8 Å². The van der Waals surface area contributed by atoms with Gasteiger partial charge in [0.15, 0.2) is 0 Å². The largest absolute Gasteiger partial charge is 0.324 e. The van der Waals surface area contributed by atoms with Gasteiger partial charge in [0, 0.05) is 24.1 Å². The van der Waals surface area contributed by atoms with Crippen LogP contribution in [0.2, 0.25) is 5.15 Å². The second kappa shape index (κ2) is 7.53. The van der Waals surface area contributed by atoms with Crippen molar-refractivity contribution in [2.75, 3.05) is 10.6 Å². The van der Waals surface area contributed by atoms with Crippen molar-refractivity contribution in [3.63, 3.8) is 0 Å². The first-order valence-corrected chi connectivity index (χ1v) is 8.56. The molecule has 1 amide bonds. The van der Waals surface area contributed by atoms with Crippen LogP contribution >= 0.6 is 11.6 Å². The third-order valence-corrected chi connectivity index (χ3v) is 4.01. The van der Waals surface area contributed by atoms with E-state index < -0.39 is 0 Å². The van der Waals surface area contributed by atoms with Crippen LogP contribution in [0.5, 0.6) is 0 Å². The van der Waals surface area contributed by atoms with Crippen molar-refractivity contribution < 1.29 is 4.79 Å². The van der Waals surface area contributed by atoms with Crippen LogP contribution < -0.4 is 10.6 Å². The van der Waals surface area contributed by atoms with Gasteiger partial charge in [0.25, 0.3) is 5.91 Å². The molecule has 3 aromatic rings. The Kier molecular flexibility index (Phi) is 5.18. The molecule has 0 fully saturated rings. The smallest absolute Gasteiger partial charge is 0.273 e. The number of aromatic nitrogens is 4. The van der Waals surface area contributed by atoms with E-state index >= 15 is 0 Å². The topological polar surface area (TPSA) is 84.7 Å². The number of hydrogen-bond acceptors (Lipinski definition) is 5. The number of halogens is 1. The molecule has 0 radical (unpaired) electrons. The molecule has 0 aliphatic heterocycles. The van der Waals surface area contributed by atoms with E-state index in [1.54, 1.807) is 23.0 Å². The summed E-state index contributed by atoms with van der Waals surface area (Å²) in [6, 6.07) is 8.96. The van der Waals surface area contributed by atoms with E-state index in [0.29, 0.717) is 29.0 Å². The fourth-order valence-electron chi connectivity index (χ4n) is 2.52. The molecule has 2 N–H and O–H groups in total. The van der Waals surface area contributed by atoms with Gasteiger partial charge in [-0.15, -0.1) is 0 Å². The molecule has 134 valence electrons. The fourth-order valence-corrected chi connectivity index (χ4v) is 2.65. The van der Waals surface area contributed by atoms with Gasteiger partial charge in [0.05, 0.1) is 5.69 Å². The molecule has 2 aromatic heterocycles. The highest BCUT2D eigenvalue weighted by Crippen LogP contribution is 2.23. The lowest BCUT2D eigenvalue weighted by atomic mass is 10.1. The Bertz CT molecular complexity index is 953. The summed E-state index contributed by atoms with van der Waals surface area (Å²) in [5.74, 6) is 0.185. The molecule has 0 saturated heterocycles. The predicted octanol–water partition coefficient (Wildman–Crippen LogP) is 3.96. The first-order chi connectivity index (χ1) is 12.5. The number of nitrogens with zero attached hydrogens (tertiary/aromatic N) is 4. The van der Waals surface area contributed by atoms with Crippen molar-refractivity contribution in [2.45, 2.75) is 27.3 Å². The van der Waals surface area contributed by atoms with Gasteiger partial charge in [-0.25, -0.2) is 9.97 Å². The maximum Gasteiger partial charge on any atom is 0.273 e. The Morgan fingerprint density at radius 1 is 1.23 bits per heavy atom. The summed E-state index contributed by atoms with van der Waals surface area (Å²) in [5, 5.41) is 10.7. The van der Waals surface area contributed by atoms with Crippen molar-refractivity contribution in [3.05, 3.63) is 58.6 Å². The van der Waals surface area contributed by atoms with Crippen LogP contribution in [0, 0.1) is 13.8 Å². The van der Waals surface area contributed by atoms with Crippen LogP contribution in [0.1, 0.15) is 28.7 Å². The Morgan fingerprint density at radius 2 is 2.04 bits per heavy atom. The molecule has 2 heterocycles. The molecule has 0 aliphatic carbocycles. The van der Waals surface area contributed by atoms with Crippen molar-refractivity contribution in [3.8, 4) is 0 Å². The molecule has 7 nitrogen and oxygen atoms in total. The van der Waals surface area contributed by atoms with Crippen LogP contribution in [-0.2, 0) is 6.54 Å². The molecule has 0 spiro atoms. The van der Waals surface area contributed by atoms with Crippen LogP contribution in [0.15, 0.2) is 36.5 Å². The van der Waals surface area contributed by atoms with E-state index in [4.69, 9.17) is 11.6 Å². The summed E-state index contributed by atoms with van der Waals surface area (Å²) in [6.45, 7) is 6.39. The highest BCUT2D eigenvalue weighted by Gasteiger charge is 2.14. The summed E-state index contributed by atoms with van der Waals surface area (Å²) >= 11 is 5.89. The molecule has 3 rings (SSSR count). The third kappa shape index (κ3) is 4.00. The maximum absolute atomic E-state index is 12.6. The highest BCUT2D eigenvalue weighted by molar-refractivity contribution is 6.29. The van der Waals surface area contributed by atoms with Crippen molar-refractivity contribution in [1.29, 1.82) is 0 Å². The number of carbonyl (C=O) groups is 1. The molecule has 0 saturated carbocycles. The SMILES string of the molecule is CCn1nc(C)cc1C(=O)Nc1ccc(C)c(Nc2nccc(Cl)n2)c1. The standard InChI is InChI=1S/C18H19ClN6O/c1-4-25-15(9-12(3)24-25)17(26)21-13-6-5-11(2)14(10-13)22-18-20-8-7-16(19)23-18/h5-10H,4H2,1-3H3,(H,21,26)(H,20,22,23). The molecule has 1 aromatic carbocycles. The van der Waals surface area contributed by atoms with Gasteiger partial charge in [-0.1, -0.05) is 17.7 Å². The Hall–Kier alpha value is -2.93. The number of hydrogen-bond donors (Lipinski definition) is 2. The molecule has 26 heavy (non-hydrogen) atoms. The first-order valence-electron chi connectivity index (χ1n) is 8.18. The van der Waals surface area contributed by atoms with E-state index in [1.807, 2.05) is 39.0 Å². The number of aryl methyl sites for hydroxylation is 3. The van der Waals surface area contributed by atoms with Crippen LogP contribution in [0.4, 0.5) is 17.3 Å². The summed E-state index contributed by atoms with van der Waals surface area (Å²) in [6.07, 6.45) is 1.58. The van der Waals surface area contributed by atoms with Gasteiger partial charge in [-0.3, -0.25) is 9.48 Å². The lowest BCUT2D eigenvalue weighted by molar-refractivity contribution is 0.101. The zero-order valence-corrected chi connectivity index (χ0v) is 15.5. The molecule has 0 unspecified atom stereocenters. The van der Waals surface area contributed by atoms with Gasteiger partial charge in [-0.2, -0.15) is 5.10 Å². The van der Waals surface area contributed by atoms with Crippen molar-refractivity contribution >= 4 is 34.8 Å². The average molecular weight is 371 g/mol. The summed E-state index contributed by atoms with van der Waals surface area (Å²) < 4.78 is 1.68. The number of anilines is 3. The molecule has 0 bridgehead atoms. The second-order valence-corrected chi connectivity index (χ2v) is 6.19. The zero-order chi connectivity index (χ0) is 18.7. The Balaban J connectivity index is 1.82. The van der Waals surface area contributed by atoms with Gasteiger partial charge in [-0.05, 0) is 50.6 Å².